The minimum atomic E-state index is -1.10. The average Bonchev–Trinajstić information content (AvgIpc) is 2.73. The number of phenolic OH excluding ortho intramolecular Hbond substituents is 1. The lowest BCUT2D eigenvalue weighted by molar-refractivity contribution is -0.139. The number of rotatable bonds is 8. The van der Waals surface area contributed by atoms with Crippen LogP contribution in [-0.4, -0.2) is 46.1 Å². The third-order valence-corrected chi connectivity index (χ3v) is 4.86. The zero-order valence-corrected chi connectivity index (χ0v) is 20.3. The van der Waals surface area contributed by atoms with Crippen molar-refractivity contribution >= 4 is 23.6 Å². The Bertz CT molecular complexity index is 1040. The minimum absolute atomic E-state index is 0.0285. The van der Waals surface area contributed by atoms with E-state index in [-0.39, 0.29) is 12.3 Å². The number of anilines is 1. The molecule has 3 N–H and O–H groups in total. The van der Waals surface area contributed by atoms with Crippen molar-refractivity contribution in [2.75, 3.05) is 11.9 Å². The van der Waals surface area contributed by atoms with Gasteiger partial charge in [0.15, 0.2) is 0 Å². The van der Waals surface area contributed by atoms with Crippen molar-refractivity contribution in [3.63, 3.8) is 0 Å². The Morgan fingerprint density at radius 1 is 1.15 bits per heavy atom. The highest BCUT2D eigenvalue weighted by Crippen LogP contribution is 2.27. The molecule has 0 aliphatic rings. The van der Waals surface area contributed by atoms with Crippen LogP contribution in [0.5, 0.6) is 5.75 Å². The van der Waals surface area contributed by atoms with Gasteiger partial charge in [0, 0.05) is 12.2 Å². The summed E-state index contributed by atoms with van der Waals surface area (Å²) in [6.07, 6.45) is 0.750. The van der Waals surface area contributed by atoms with E-state index >= 15 is 0 Å². The van der Waals surface area contributed by atoms with Crippen LogP contribution in [0.3, 0.4) is 0 Å². The van der Waals surface area contributed by atoms with E-state index in [4.69, 9.17) is 4.74 Å². The molecule has 0 radical (unpaired) electrons. The van der Waals surface area contributed by atoms with Gasteiger partial charge in [0.05, 0.1) is 0 Å². The van der Waals surface area contributed by atoms with E-state index in [1.165, 1.54) is 30.0 Å². The van der Waals surface area contributed by atoms with E-state index in [1.54, 1.807) is 45.0 Å². The minimum Gasteiger partial charge on any atom is -0.508 e. The van der Waals surface area contributed by atoms with Crippen LogP contribution in [0.1, 0.15) is 44.9 Å². The normalized spacial score (nSPS) is 12.7. The number of aromatic hydroxyl groups is 1. The molecular weight excluding hydrogens is 434 g/mol. The van der Waals surface area contributed by atoms with Gasteiger partial charge < -0.3 is 25.4 Å². The third-order valence-electron chi connectivity index (χ3n) is 4.86. The second kappa shape index (κ2) is 11.4. The molecular formula is C26H33N3O5. The van der Waals surface area contributed by atoms with Gasteiger partial charge in [-0.15, -0.1) is 6.58 Å². The Morgan fingerprint density at radius 2 is 1.82 bits per heavy atom. The highest BCUT2D eigenvalue weighted by Gasteiger charge is 2.34. The lowest BCUT2D eigenvalue weighted by atomic mass is 10.0. The molecule has 0 saturated carbocycles. The van der Waals surface area contributed by atoms with Crippen LogP contribution in [0.25, 0.3) is 0 Å². The quantitative estimate of drug-likeness (QED) is 0.502. The summed E-state index contributed by atoms with van der Waals surface area (Å²) in [6, 6.07) is 11.3. The number of amides is 3. The van der Waals surface area contributed by atoms with E-state index in [0.29, 0.717) is 11.3 Å². The summed E-state index contributed by atoms with van der Waals surface area (Å²) in [5.41, 5.74) is 1.13. The van der Waals surface area contributed by atoms with Crippen molar-refractivity contribution in [3.8, 4) is 5.75 Å². The van der Waals surface area contributed by atoms with Crippen LogP contribution in [0.4, 0.5) is 10.5 Å². The molecule has 0 spiro atoms. The summed E-state index contributed by atoms with van der Waals surface area (Å²) >= 11 is 0. The van der Waals surface area contributed by atoms with Crippen molar-refractivity contribution in [3.05, 3.63) is 72.3 Å². The van der Waals surface area contributed by atoms with Gasteiger partial charge in [0.1, 0.15) is 23.4 Å². The lowest BCUT2D eigenvalue weighted by Crippen LogP contribution is -2.51. The topological polar surface area (TPSA) is 108 Å². The molecule has 0 bridgehead atoms. The van der Waals surface area contributed by atoms with Crippen molar-refractivity contribution in [1.82, 2.24) is 10.2 Å². The molecule has 0 aromatic heterocycles. The van der Waals surface area contributed by atoms with Crippen molar-refractivity contribution < 1.29 is 24.2 Å². The predicted molar refractivity (Wildman–Crippen MR) is 131 cm³/mol. The fourth-order valence-electron chi connectivity index (χ4n) is 3.34. The van der Waals surface area contributed by atoms with Crippen LogP contribution in [0, 0.1) is 6.92 Å². The highest BCUT2D eigenvalue weighted by molar-refractivity contribution is 5.99. The third kappa shape index (κ3) is 7.37. The predicted octanol–water partition coefficient (Wildman–Crippen LogP) is 4.31. The summed E-state index contributed by atoms with van der Waals surface area (Å²) < 4.78 is 5.25. The van der Waals surface area contributed by atoms with Gasteiger partial charge in [0.25, 0.3) is 5.91 Å². The van der Waals surface area contributed by atoms with Crippen molar-refractivity contribution in [2.24, 2.45) is 0 Å². The molecule has 0 aliphatic carbocycles. The molecule has 34 heavy (non-hydrogen) atoms. The number of hydrogen-bond acceptors (Lipinski definition) is 5. The van der Waals surface area contributed by atoms with Crippen LogP contribution in [0.2, 0.25) is 0 Å². The molecule has 8 heteroatoms. The first-order chi connectivity index (χ1) is 15.9. The summed E-state index contributed by atoms with van der Waals surface area (Å²) in [5.74, 6) is -1.03. The highest BCUT2D eigenvalue weighted by atomic mass is 16.6. The Kier molecular flexibility index (Phi) is 8.83. The fraction of sp³-hybridized carbons (Fsp3) is 0.346. The molecule has 182 valence electrons. The smallest absolute Gasteiger partial charge is 0.408 e. The van der Waals surface area contributed by atoms with Gasteiger partial charge in [-0.1, -0.05) is 36.4 Å². The van der Waals surface area contributed by atoms with Gasteiger partial charge in [-0.25, -0.2) is 4.79 Å². The van der Waals surface area contributed by atoms with Gasteiger partial charge in [-0.05, 0) is 63.9 Å². The van der Waals surface area contributed by atoms with Crippen LogP contribution in [0.15, 0.2) is 61.2 Å². The largest absolute Gasteiger partial charge is 0.508 e. The standard InChI is InChI=1S/C26H33N3O5/c1-7-15-29(24(32)18(3)27-25(33)34-26(4,5)6)22(19-12-10-13-20(30)16-19)23(31)28-21-14-9-8-11-17(21)2/h7-14,16,18,22,30H,1,15H2,2-6H3,(H,27,33)(H,28,31). The molecule has 2 aromatic carbocycles. The number of nitrogens with one attached hydrogen (secondary N) is 2. The number of nitrogens with zero attached hydrogens (tertiary/aromatic N) is 1. The Hall–Kier alpha value is -3.81. The molecule has 2 aromatic rings. The molecule has 0 fully saturated rings. The summed E-state index contributed by atoms with van der Waals surface area (Å²) in [5, 5.41) is 15.4. The van der Waals surface area contributed by atoms with Crippen LogP contribution >= 0.6 is 0 Å². The number of phenols is 1. The molecule has 2 unspecified atom stereocenters. The Balaban J connectivity index is 2.40. The summed E-state index contributed by atoms with van der Waals surface area (Å²) in [6.45, 7) is 12.3. The van der Waals surface area contributed by atoms with Crippen molar-refractivity contribution in [1.29, 1.82) is 0 Å². The first-order valence-electron chi connectivity index (χ1n) is 11.0. The van der Waals surface area contributed by atoms with Crippen LogP contribution in [-0.2, 0) is 14.3 Å². The summed E-state index contributed by atoms with van der Waals surface area (Å²) in [7, 11) is 0. The van der Waals surface area contributed by atoms with Gasteiger partial charge in [-0.2, -0.15) is 0 Å². The SMILES string of the molecule is C=CCN(C(=O)C(C)NC(=O)OC(C)(C)C)C(C(=O)Nc1ccccc1C)c1cccc(O)c1. The van der Waals surface area contributed by atoms with E-state index in [0.717, 1.165) is 5.56 Å². The number of benzene rings is 2. The molecule has 0 aliphatic heterocycles. The van der Waals surface area contributed by atoms with E-state index in [2.05, 4.69) is 17.2 Å². The van der Waals surface area contributed by atoms with E-state index < -0.39 is 35.6 Å². The maximum Gasteiger partial charge on any atom is 0.408 e. The monoisotopic (exact) mass is 467 g/mol. The molecule has 2 rings (SSSR count). The molecule has 0 heterocycles. The number of carbonyl (C=O) groups is 3. The van der Waals surface area contributed by atoms with E-state index in [9.17, 15) is 19.5 Å². The van der Waals surface area contributed by atoms with Gasteiger partial charge in [0.2, 0.25) is 5.91 Å². The van der Waals surface area contributed by atoms with E-state index in [1.807, 2.05) is 19.1 Å². The second-order valence-corrected chi connectivity index (χ2v) is 8.95. The zero-order chi connectivity index (χ0) is 25.5. The number of para-hydroxylation sites is 1. The summed E-state index contributed by atoms with van der Waals surface area (Å²) in [4.78, 5) is 40.4. The number of ether oxygens (including phenoxy) is 1. The number of alkyl carbamates (subject to hydrolysis) is 1. The maximum absolute atomic E-state index is 13.5. The lowest BCUT2D eigenvalue weighted by Gasteiger charge is -2.33. The maximum atomic E-state index is 13.5. The molecule has 8 nitrogen and oxygen atoms in total. The van der Waals surface area contributed by atoms with Crippen molar-refractivity contribution in [2.45, 2.75) is 52.3 Å². The molecule has 0 saturated heterocycles. The van der Waals surface area contributed by atoms with Crippen LogP contribution < -0.4 is 10.6 Å². The Morgan fingerprint density at radius 3 is 2.41 bits per heavy atom. The Labute approximate surface area is 200 Å². The van der Waals surface area contributed by atoms with Gasteiger partial charge >= 0.3 is 6.09 Å². The number of carbonyl (C=O) groups excluding carboxylic acids is 3. The first kappa shape index (κ1) is 26.4. The first-order valence-corrected chi connectivity index (χ1v) is 11.0. The zero-order valence-electron chi connectivity index (χ0n) is 20.3. The molecule has 3 amide bonds. The number of hydrogen-bond donors (Lipinski definition) is 3. The second-order valence-electron chi connectivity index (χ2n) is 8.95. The number of aryl methyl sites for hydroxylation is 1. The fourth-order valence-corrected chi connectivity index (χ4v) is 3.34. The molecule has 2 atom stereocenters. The average molecular weight is 468 g/mol. The van der Waals surface area contributed by atoms with Gasteiger partial charge in [-0.3, -0.25) is 9.59 Å².